The molecule has 1 aromatic rings. The lowest BCUT2D eigenvalue weighted by molar-refractivity contribution is 0.0684. The fourth-order valence-corrected chi connectivity index (χ4v) is 1.98. The average Bonchev–Trinajstić information content (AvgIpc) is 2.77. The lowest BCUT2D eigenvalue weighted by Gasteiger charge is -2.32. The van der Waals surface area contributed by atoms with E-state index in [1.54, 1.807) is 9.58 Å². The van der Waals surface area contributed by atoms with E-state index in [4.69, 9.17) is 9.84 Å². The van der Waals surface area contributed by atoms with Gasteiger partial charge in [-0.25, -0.2) is 9.59 Å². The van der Waals surface area contributed by atoms with Crippen LogP contribution < -0.4 is 0 Å². The molecule has 7 nitrogen and oxygen atoms in total. The van der Waals surface area contributed by atoms with Gasteiger partial charge in [0.2, 0.25) is 0 Å². The van der Waals surface area contributed by atoms with Crippen LogP contribution in [-0.4, -0.2) is 44.5 Å². The molecule has 0 aliphatic carbocycles. The third kappa shape index (κ3) is 2.59. The van der Waals surface area contributed by atoms with Crippen molar-refractivity contribution in [2.45, 2.75) is 26.1 Å². The van der Waals surface area contributed by atoms with Gasteiger partial charge in [0.05, 0.1) is 24.8 Å². The van der Waals surface area contributed by atoms with Gasteiger partial charge in [-0.05, 0) is 13.0 Å². The van der Waals surface area contributed by atoms with Crippen LogP contribution in [0.2, 0.25) is 0 Å². The molecule has 1 amide bonds. The van der Waals surface area contributed by atoms with Crippen LogP contribution in [0.25, 0.3) is 0 Å². The molecule has 102 valence electrons. The summed E-state index contributed by atoms with van der Waals surface area (Å²) >= 11 is 0. The SMILES string of the molecule is C=CCOC(=O)N1Cc2cc(C(=O)O)nn2CC1C. The Balaban J connectivity index is 2.16. The minimum absolute atomic E-state index is 0.0106. The highest BCUT2D eigenvalue weighted by Gasteiger charge is 2.29. The predicted molar refractivity (Wildman–Crippen MR) is 65.7 cm³/mol. The summed E-state index contributed by atoms with van der Waals surface area (Å²) in [6, 6.07) is 1.37. The van der Waals surface area contributed by atoms with E-state index in [0.29, 0.717) is 12.2 Å². The van der Waals surface area contributed by atoms with E-state index in [1.807, 2.05) is 6.92 Å². The molecule has 0 saturated heterocycles. The summed E-state index contributed by atoms with van der Waals surface area (Å²) in [5, 5.41) is 12.9. The highest BCUT2D eigenvalue weighted by Crippen LogP contribution is 2.19. The Morgan fingerprint density at radius 3 is 3.05 bits per heavy atom. The summed E-state index contributed by atoms with van der Waals surface area (Å²) in [4.78, 5) is 24.2. The number of rotatable bonds is 3. The quantitative estimate of drug-likeness (QED) is 0.827. The van der Waals surface area contributed by atoms with E-state index in [1.165, 1.54) is 12.1 Å². The first kappa shape index (κ1) is 13.1. The van der Waals surface area contributed by atoms with Crippen molar-refractivity contribution in [3.8, 4) is 0 Å². The van der Waals surface area contributed by atoms with Crippen LogP contribution in [0.15, 0.2) is 18.7 Å². The predicted octanol–water partition coefficient (Wildman–Crippen LogP) is 1.11. The normalized spacial score (nSPS) is 17.7. The largest absolute Gasteiger partial charge is 0.476 e. The number of ether oxygens (including phenoxy) is 1. The Hall–Kier alpha value is -2.31. The minimum atomic E-state index is -1.07. The number of amides is 1. The van der Waals surface area contributed by atoms with Crippen LogP contribution in [0.1, 0.15) is 23.1 Å². The number of aromatic nitrogens is 2. The van der Waals surface area contributed by atoms with E-state index in [-0.39, 0.29) is 24.9 Å². The number of hydrogen-bond donors (Lipinski definition) is 1. The highest BCUT2D eigenvalue weighted by atomic mass is 16.6. The van der Waals surface area contributed by atoms with Gasteiger partial charge in [0.15, 0.2) is 5.69 Å². The Morgan fingerprint density at radius 2 is 2.42 bits per heavy atom. The zero-order chi connectivity index (χ0) is 14.0. The summed E-state index contributed by atoms with van der Waals surface area (Å²) < 4.78 is 6.61. The van der Waals surface area contributed by atoms with Gasteiger partial charge in [-0.15, -0.1) is 0 Å². The number of nitrogens with zero attached hydrogens (tertiary/aromatic N) is 3. The number of carbonyl (C=O) groups is 2. The molecule has 0 aromatic carbocycles. The monoisotopic (exact) mass is 265 g/mol. The van der Waals surface area contributed by atoms with Gasteiger partial charge in [0.1, 0.15) is 6.61 Å². The molecular weight excluding hydrogens is 250 g/mol. The molecule has 19 heavy (non-hydrogen) atoms. The van der Waals surface area contributed by atoms with Crippen molar-refractivity contribution in [3.05, 3.63) is 30.1 Å². The second kappa shape index (κ2) is 5.13. The van der Waals surface area contributed by atoms with Gasteiger partial charge >= 0.3 is 12.1 Å². The first-order valence-electron chi connectivity index (χ1n) is 5.87. The van der Waals surface area contributed by atoms with Gasteiger partial charge in [0, 0.05) is 0 Å². The fraction of sp³-hybridized carbons (Fsp3) is 0.417. The van der Waals surface area contributed by atoms with E-state index in [2.05, 4.69) is 11.7 Å². The number of carboxylic acids is 1. The van der Waals surface area contributed by atoms with Crippen molar-refractivity contribution in [2.75, 3.05) is 6.61 Å². The van der Waals surface area contributed by atoms with Crippen molar-refractivity contribution in [2.24, 2.45) is 0 Å². The molecule has 1 N–H and O–H groups in total. The summed E-state index contributed by atoms with van der Waals surface area (Å²) in [5.41, 5.74) is 0.676. The van der Waals surface area contributed by atoms with Crippen molar-refractivity contribution in [3.63, 3.8) is 0 Å². The number of carboxylic acid groups (broad SMARTS) is 1. The summed E-state index contributed by atoms with van der Waals surface area (Å²) in [5.74, 6) is -1.07. The lowest BCUT2D eigenvalue weighted by atomic mass is 10.2. The smallest absolute Gasteiger partial charge is 0.410 e. The Morgan fingerprint density at radius 1 is 1.68 bits per heavy atom. The molecular formula is C12H15N3O4. The van der Waals surface area contributed by atoms with Gasteiger partial charge in [0.25, 0.3) is 0 Å². The maximum atomic E-state index is 11.8. The van der Waals surface area contributed by atoms with E-state index in [9.17, 15) is 9.59 Å². The molecule has 0 radical (unpaired) electrons. The van der Waals surface area contributed by atoms with Crippen LogP contribution in [-0.2, 0) is 17.8 Å². The van der Waals surface area contributed by atoms with Gasteiger partial charge < -0.3 is 9.84 Å². The first-order chi connectivity index (χ1) is 9.02. The Labute approximate surface area is 110 Å². The van der Waals surface area contributed by atoms with Crippen molar-refractivity contribution in [1.29, 1.82) is 0 Å². The summed E-state index contributed by atoms with van der Waals surface area (Å²) in [6.07, 6.45) is 1.07. The molecule has 1 unspecified atom stereocenters. The third-order valence-corrected chi connectivity index (χ3v) is 2.94. The second-order valence-electron chi connectivity index (χ2n) is 4.35. The molecule has 1 atom stereocenters. The zero-order valence-electron chi connectivity index (χ0n) is 10.6. The standard InChI is InChI=1S/C12H15N3O4/c1-3-4-19-12(18)14-7-9-5-10(11(16)17)13-15(9)6-8(14)2/h3,5,8H,1,4,6-7H2,2H3,(H,16,17). The van der Waals surface area contributed by atoms with Crippen LogP contribution in [0.5, 0.6) is 0 Å². The van der Waals surface area contributed by atoms with Gasteiger partial charge in [-0.2, -0.15) is 5.10 Å². The molecule has 1 aromatic heterocycles. The maximum absolute atomic E-state index is 11.8. The van der Waals surface area contributed by atoms with Crippen molar-refractivity contribution >= 4 is 12.1 Å². The Kier molecular flexibility index (Phi) is 3.55. The molecule has 0 fully saturated rings. The van der Waals surface area contributed by atoms with Crippen LogP contribution in [0, 0.1) is 0 Å². The van der Waals surface area contributed by atoms with Crippen LogP contribution >= 0.6 is 0 Å². The minimum Gasteiger partial charge on any atom is -0.476 e. The lowest BCUT2D eigenvalue weighted by Crippen LogP contribution is -2.45. The first-order valence-corrected chi connectivity index (χ1v) is 5.87. The van der Waals surface area contributed by atoms with E-state index >= 15 is 0 Å². The number of aromatic carboxylic acids is 1. The molecule has 0 bridgehead atoms. The molecule has 1 aliphatic heterocycles. The Bertz CT molecular complexity index is 523. The molecule has 2 heterocycles. The van der Waals surface area contributed by atoms with Crippen molar-refractivity contribution in [1.82, 2.24) is 14.7 Å². The third-order valence-electron chi connectivity index (χ3n) is 2.94. The number of carbonyl (C=O) groups excluding carboxylic acids is 1. The van der Waals surface area contributed by atoms with Gasteiger partial charge in [-0.1, -0.05) is 12.7 Å². The van der Waals surface area contributed by atoms with Gasteiger partial charge in [-0.3, -0.25) is 9.58 Å². The molecule has 0 saturated carbocycles. The summed E-state index contributed by atoms with van der Waals surface area (Å²) in [7, 11) is 0. The van der Waals surface area contributed by atoms with Crippen LogP contribution in [0.4, 0.5) is 4.79 Å². The average molecular weight is 265 g/mol. The maximum Gasteiger partial charge on any atom is 0.410 e. The van der Waals surface area contributed by atoms with Crippen LogP contribution in [0.3, 0.4) is 0 Å². The van der Waals surface area contributed by atoms with E-state index < -0.39 is 12.1 Å². The highest BCUT2D eigenvalue weighted by molar-refractivity contribution is 5.85. The zero-order valence-corrected chi connectivity index (χ0v) is 10.6. The fourth-order valence-electron chi connectivity index (χ4n) is 1.98. The molecule has 1 aliphatic rings. The summed E-state index contributed by atoms with van der Waals surface area (Å²) in [6.45, 7) is 6.24. The second-order valence-corrected chi connectivity index (χ2v) is 4.35. The number of fused-ring (bicyclic) bond motifs is 1. The number of hydrogen-bond acceptors (Lipinski definition) is 4. The molecule has 0 spiro atoms. The molecule has 2 rings (SSSR count). The molecule has 7 heteroatoms. The van der Waals surface area contributed by atoms with Crippen molar-refractivity contribution < 1.29 is 19.4 Å². The topological polar surface area (TPSA) is 84.7 Å². The van der Waals surface area contributed by atoms with E-state index in [0.717, 1.165) is 0 Å².